The van der Waals surface area contributed by atoms with Crippen molar-refractivity contribution in [1.82, 2.24) is 4.98 Å². The van der Waals surface area contributed by atoms with Gasteiger partial charge < -0.3 is 0 Å². The molecule has 0 spiro atoms. The molecular formula is C9H11ClN2O. The van der Waals surface area contributed by atoms with Gasteiger partial charge in [-0.05, 0) is 19.1 Å². The van der Waals surface area contributed by atoms with Crippen molar-refractivity contribution in [1.29, 1.82) is 0 Å². The standard InChI is InChI=1S/C9H11ClN2O/c1-7(10)9(13)12(2)8-5-3-4-6-11-8/h3-7H,1-2H3. The van der Waals surface area contributed by atoms with Gasteiger partial charge in [-0.3, -0.25) is 9.69 Å². The monoisotopic (exact) mass is 198 g/mol. The van der Waals surface area contributed by atoms with E-state index in [2.05, 4.69) is 4.98 Å². The molecule has 0 bridgehead atoms. The summed E-state index contributed by atoms with van der Waals surface area (Å²) < 4.78 is 0. The molecule has 0 radical (unpaired) electrons. The molecule has 1 amide bonds. The van der Waals surface area contributed by atoms with E-state index in [9.17, 15) is 4.79 Å². The number of carbonyl (C=O) groups is 1. The number of hydrogen-bond donors (Lipinski definition) is 0. The van der Waals surface area contributed by atoms with E-state index in [1.54, 1.807) is 32.3 Å². The number of amides is 1. The normalized spacial score (nSPS) is 12.2. The summed E-state index contributed by atoms with van der Waals surface area (Å²) in [6.07, 6.45) is 1.64. The molecule has 70 valence electrons. The predicted molar refractivity (Wildman–Crippen MR) is 53.0 cm³/mol. The molecule has 0 aliphatic heterocycles. The molecule has 13 heavy (non-hydrogen) atoms. The maximum Gasteiger partial charge on any atom is 0.245 e. The molecule has 0 aliphatic rings. The van der Waals surface area contributed by atoms with Crippen molar-refractivity contribution in [2.75, 3.05) is 11.9 Å². The maximum absolute atomic E-state index is 11.4. The molecule has 1 rings (SSSR count). The first kappa shape index (κ1) is 9.99. The number of halogens is 1. The Morgan fingerprint density at radius 2 is 2.31 bits per heavy atom. The fraction of sp³-hybridized carbons (Fsp3) is 0.333. The summed E-state index contributed by atoms with van der Waals surface area (Å²) in [6, 6.07) is 5.38. The average molecular weight is 199 g/mol. The Kier molecular flexibility index (Phi) is 3.25. The Morgan fingerprint density at radius 1 is 1.62 bits per heavy atom. The van der Waals surface area contributed by atoms with Crippen LogP contribution in [0.15, 0.2) is 24.4 Å². The molecule has 0 saturated heterocycles. The number of nitrogens with zero attached hydrogens (tertiary/aromatic N) is 2. The summed E-state index contributed by atoms with van der Waals surface area (Å²) in [5.41, 5.74) is 0. The quantitative estimate of drug-likeness (QED) is 0.678. The van der Waals surface area contributed by atoms with Crippen LogP contribution < -0.4 is 4.90 Å². The van der Waals surface area contributed by atoms with E-state index in [1.165, 1.54) is 4.90 Å². The third-order valence-corrected chi connectivity index (χ3v) is 1.85. The third kappa shape index (κ3) is 2.42. The van der Waals surface area contributed by atoms with Gasteiger partial charge in [0.25, 0.3) is 0 Å². The first-order chi connectivity index (χ1) is 6.13. The van der Waals surface area contributed by atoms with Crippen molar-refractivity contribution in [3.05, 3.63) is 24.4 Å². The molecule has 4 heteroatoms. The van der Waals surface area contributed by atoms with E-state index in [1.807, 2.05) is 6.07 Å². The van der Waals surface area contributed by atoms with Gasteiger partial charge in [0, 0.05) is 13.2 Å². The first-order valence-electron chi connectivity index (χ1n) is 3.95. The number of aromatic nitrogens is 1. The molecule has 0 fully saturated rings. The highest BCUT2D eigenvalue weighted by Gasteiger charge is 2.16. The number of anilines is 1. The molecule has 0 aliphatic carbocycles. The molecule has 0 N–H and O–H groups in total. The molecule has 1 unspecified atom stereocenters. The highest BCUT2D eigenvalue weighted by Crippen LogP contribution is 2.09. The Labute approximate surface area is 82.3 Å². The van der Waals surface area contributed by atoms with Crippen molar-refractivity contribution in [3.8, 4) is 0 Å². The molecule has 1 heterocycles. The minimum atomic E-state index is -0.521. The van der Waals surface area contributed by atoms with Crippen molar-refractivity contribution in [2.24, 2.45) is 0 Å². The number of pyridine rings is 1. The predicted octanol–water partition coefficient (Wildman–Crippen LogP) is 1.67. The lowest BCUT2D eigenvalue weighted by atomic mass is 10.4. The van der Waals surface area contributed by atoms with Crippen molar-refractivity contribution < 1.29 is 4.79 Å². The van der Waals surface area contributed by atoms with Gasteiger partial charge >= 0.3 is 0 Å². The van der Waals surface area contributed by atoms with Crippen molar-refractivity contribution in [2.45, 2.75) is 12.3 Å². The van der Waals surface area contributed by atoms with Crippen molar-refractivity contribution in [3.63, 3.8) is 0 Å². The molecule has 0 saturated carbocycles. The van der Waals surface area contributed by atoms with Crippen LogP contribution in [0.25, 0.3) is 0 Å². The fourth-order valence-corrected chi connectivity index (χ4v) is 1.08. The molecular weight excluding hydrogens is 188 g/mol. The summed E-state index contributed by atoms with van der Waals surface area (Å²) in [5, 5.41) is -0.521. The van der Waals surface area contributed by atoms with Gasteiger partial charge in [0.15, 0.2) is 0 Å². The fourth-order valence-electron chi connectivity index (χ4n) is 0.932. The third-order valence-electron chi connectivity index (χ3n) is 1.66. The smallest absolute Gasteiger partial charge is 0.245 e. The van der Waals surface area contributed by atoms with E-state index in [4.69, 9.17) is 11.6 Å². The van der Waals surface area contributed by atoms with Gasteiger partial charge in [0.1, 0.15) is 11.2 Å². The first-order valence-corrected chi connectivity index (χ1v) is 4.39. The summed E-state index contributed by atoms with van der Waals surface area (Å²) >= 11 is 5.65. The van der Waals surface area contributed by atoms with E-state index in [-0.39, 0.29) is 5.91 Å². The Morgan fingerprint density at radius 3 is 2.77 bits per heavy atom. The molecule has 0 aromatic carbocycles. The van der Waals surface area contributed by atoms with E-state index in [0.717, 1.165) is 0 Å². The van der Waals surface area contributed by atoms with Crippen LogP contribution in [-0.2, 0) is 4.79 Å². The summed E-state index contributed by atoms with van der Waals surface area (Å²) in [6.45, 7) is 1.64. The second-order valence-electron chi connectivity index (χ2n) is 2.70. The highest BCUT2D eigenvalue weighted by atomic mass is 35.5. The number of hydrogen-bond acceptors (Lipinski definition) is 2. The Bertz CT molecular complexity index is 287. The second-order valence-corrected chi connectivity index (χ2v) is 3.36. The zero-order valence-corrected chi connectivity index (χ0v) is 8.32. The molecule has 1 atom stereocenters. The van der Waals surface area contributed by atoms with Crippen LogP contribution in [0, 0.1) is 0 Å². The Hall–Kier alpha value is -1.09. The van der Waals surface area contributed by atoms with Gasteiger partial charge in [0.05, 0.1) is 0 Å². The van der Waals surface area contributed by atoms with Crippen LogP contribution in [0.3, 0.4) is 0 Å². The largest absolute Gasteiger partial charge is 0.299 e. The lowest BCUT2D eigenvalue weighted by Gasteiger charge is -2.16. The van der Waals surface area contributed by atoms with Crippen LogP contribution in [0.1, 0.15) is 6.92 Å². The van der Waals surface area contributed by atoms with E-state index in [0.29, 0.717) is 5.82 Å². The summed E-state index contributed by atoms with van der Waals surface area (Å²) in [4.78, 5) is 16.9. The molecule has 1 aromatic heterocycles. The minimum Gasteiger partial charge on any atom is -0.299 e. The minimum absolute atomic E-state index is 0.152. The second kappa shape index (κ2) is 4.23. The zero-order chi connectivity index (χ0) is 9.84. The van der Waals surface area contributed by atoms with Crippen LogP contribution in [0.5, 0.6) is 0 Å². The number of alkyl halides is 1. The van der Waals surface area contributed by atoms with Gasteiger partial charge in [-0.15, -0.1) is 11.6 Å². The molecule has 3 nitrogen and oxygen atoms in total. The highest BCUT2D eigenvalue weighted by molar-refractivity contribution is 6.32. The topological polar surface area (TPSA) is 33.2 Å². The van der Waals surface area contributed by atoms with Crippen LogP contribution in [0.4, 0.5) is 5.82 Å². The van der Waals surface area contributed by atoms with E-state index >= 15 is 0 Å². The van der Waals surface area contributed by atoms with Crippen LogP contribution in [-0.4, -0.2) is 23.3 Å². The van der Waals surface area contributed by atoms with Gasteiger partial charge in [0.2, 0.25) is 5.91 Å². The molecule has 1 aromatic rings. The van der Waals surface area contributed by atoms with Crippen LogP contribution >= 0.6 is 11.6 Å². The zero-order valence-electron chi connectivity index (χ0n) is 7.57. The lowest BCUT2D eigenvalue weighted by molar-refractivity contribution is -0.117. The Balaban J connectivity index is 2.80. The summed E-state index contributed by atoms with van der Waals surface area (Å²) in [5.74, 6) is 0.459. The SMILES string of the molecule is CC(Cl)C(=O)N(C)c1ccccn1. The number of rotatable bonds is 2. The number of carbonyl (C=O) groups excluding carboxylic acids is 1. The maximum atomic E-state index is 11.4. The lowest BCUT2D eigenvalue weighted by Crippen LogP contribution is -2.32. The van der Waals surface area contributed by atoms with Gasteiger partial charge in [-0.1, -0.05) is 6.07 Å². The average Bonchev–Trinajstić information content (AvgIpc) is 2.17. The summed E-state index contributed by atoms with van der Waals surface area (Å²) in [7, 11) is 1.66. The van der Waals surface area contributed by atoms with Crippen molar-refractivity contribution >= 4 is 23.3 Å². The van der Waals surface area contributed by atoms with Gasteiger partial charge in [-0.25, -0.2) is 4.98 Å². The van der Waals surface area contributed by atoms with Crippen LogP contribution in [0.2, 0.25) is 0 Å². The van der Waals surface area contributed by atoms with E-state index < -0.39 is 5.38 Å². The van der Waals surface area contributed by atoms with Gasteiger partial charge in [-0.2, -0.15) is 0 Å².